The maximum Gasteiger partial charge on any atom is 0.109 e. The Morgan fingerprint density at radius 3 is 2.43 bits per heavy atom. The van der Waals surface area contributed by atoms with E-state index in [1.807, 2.05) is 6.20 Å². The van der Waals surface area contributed by atoms with Gasteiger partial charge in [-0.3, -0.25) is 0 Å². The third kappa shape index (κ3) is 7.29. The van der Waals surface area contributed by atoms with E-state index in [1.54, 1.807) is 0 Å². The predicted octanol–water partition coefficient (Wildman–Crippen LogP) is 11.2. The Bertz CT molecular complexity index is 1550. The van der Waals surface area contributed by atoms with Crippen LogP contribution < -0.4 is 5.73 Å². The van der Waals surface area contributed by atoms with Crippen LogP contribution >= 0.6 is 0 Å². The molecule has 0 aliphatic heterocycles. The number of aromatic nitrogens is 2. The van der Waals surface area contributed by atoms with Crippen molar-refractivity contribution in [3.8, 4) is 23.6 Å². The summed E-state index contributed by atoms with van der Waals surface area (Å²) in [5.74, 6) is 5.53. The fourth-order valence-corrected chi connectivity index (χ4v) is 7.13. The second kappa shape index (κ2) is 15.3. The molecule has 1 heterocycles. The number of nitrogens with zero attached hydrogens (tertiary/aromatic N) is 1. The Kier molecular flexibility index (Phi) is 11.5. The molecule has 0 radical (unpaired) electrons. The number of nitrogens with two attached hydrogens (primary N) is 1. The SMILES string of the molecule is C#Cc1c(/C=C(\C)c2ccc(-c3cnc(C(CC)CCC)[nH]3)cc2)ccc2c1CCC(N)=C2C(C)CC(=C)C(CC)CCC.[HH]. The summed E-state index contributed by atoms with van der Waals surface area (Å²) in [4.78, 5) is 8.27. The first kappa shape index (κ1) is 33.1. The lowest BCUT2D eigenvalue weighted by atomic mass is 9.76. The zero-order chi connectivity index (χ0) is 31.8. The van der Waals surface area contributed by atoms with Gasteiger partial charge in [-0.2, -0.15) is 0 Å². The molecular formula is C41H55N3. The zero-order valence-electron chi connectivity index (χ0n) is 28.0. The maximum absolute atomic E-state index is 6.70. The van der Waals surface area contributed by atoms with Gasteiger partial charge in [0.2, 0.25) is 0 Å². The fourth-order valence-electron chi connectivity index (χ4n) is 7.13. The standard InChI is InChI=1S/C41H53N3.H2/c1-9-14-30(11-3)27(6)24-29(8)40-37-21-20-34(35(13-5)36(37)22-23-38(40)42)25-28(7)32-16-18-33(19-17-32)39-26-43-41(44-39)31(12-4)15-10-2;/h5,16-21,25-26,29-31H,6,9-12,14-15,22-24,42H2,1-4,7-8H3,(H,43,44);1H/b28-25+;. The number of allylic oxidation sites excluding steroid dienone is 4. The minimum atomic E-state index is 0. The first-order valence-corrected chi connectivity index (χ1v) is 16.9. The Morgan fingerprint density at radius 1 is 1.07 bits per heavy atom. The minimum absolute atomic E-state index is 0. The van der Waals surface area contributed by atoms with Gasteiger partial charge in [0.15, 0.2) is 0 Å². The Morgan fingerprint density at radius 2 is 1.80 bits per heavy atom. The van der Waals surface area contributed by atoms with E-state index in [1.165, 1.54) is 52.7 Å². The second-order valence-electron chi connectivity index (χ2n) is 12.8. The average molecular weight is 590 g/mol. The van der Waals surface area contributed by atoms with E-state index in [4.69, 9.17) is 17.1 Å². The summed E-state index contributed by atoms with van der Waals surface area (Å²) in [5.41, 5.74) is 19.5. The summed E-state index contributed by atoms with van der Waals surface area (Å²) in [6, 6.07) is 13.2. The van der Waals surface area contributed by atoms with Gasteiger partial charge in [-0.25, -0.2) is 4.98 Å². The average Bonchev–Trinajstić information content (AvgIpc) is 3.52. The van der Waals surface area contributed by atoms with Gasteiger partial charge in [0.1, 0.15) is 5.82 Å². The molecule has 234 valence electrons. The molecule has 3 N–H and O–H groups in total. The molecule has 3 aromatic rings. The van der Waals surface area contributed by atoms with Gasteiger partial charge >= 0.3 is 0 Å². The van der Waals surface area contributed by atoms with Gasteiger partial charge in [0.25, 0.3) is 0 Å². The molecule has 0 saturated heterocycles. The molecule has 0 amide bonds. The number of fused-ring (bicyclic) bond motifs is 1. The molecule has 1 aliphatic carbocycles. The number of rotatable bonds is 14. The number of hydrogen-bond donors (Lipinski definition) is 2. The lowest BCUT2D eigenvalue weighted by molar-refractivity contribution is 0.502. The highest BCUT2D eigenvalue weighted by atomic mass is 14.9. The van der Waals surface area contributed by atoms with Crippen LogP contribution in [-0.2, 0) is 6.42 Å². The molecule has 3 unspecified atom stereocenters. The molecule has 0 saturated carbocycles. The van der Waals surface area contributed by atoms with Gasteiger partial charge in [-0.1, -0.05) is 108 Å². The lowest BCUT2D eigenvalue weighted by Crippen LogP contribution is -2.18. The monoisotopic (exact) mass is 589 g/mol. The van der Waals surface area contributed by atoms with Crippen LogP contribution in [-0.4, -0.2) is 9.97 Å². The fraction of sp³-hybridized carbons (Fsp3) is 0.439. The summed E-state index contributed by atoms with van der Waals surface area (Å²) < 4.78 is 0. The van der Waals surface area contributed by atoms with Crippen LogP contribution in [0.5, 0.6) is 0 Å². The van der Waals surface area contributed by atoms with E-state index < -0.39 is 0 Å². The van der Waals surface area contributed by atoms with Crippen LogP contribution in [0, 0.1) is 24.2 Å². The molecule has 1 aliphatic rings. The van der Waals surface area contributed by atoms with Crippen molar-refractivity contribution in [2.45, 2.75) is 105 Å². The first-order valence-electron chi connectivity index (χ1n) is 16.9. The molecule has 4 rings (SSSR count). The van der Waals surface area contributed by atoms with Gasteiger partial charge in [-0.05, 0) is 103 Å². The number of H-pyrrole nitrogens is 1. The number of terminal acetylenes is 1. The molecule has 0 fully saturated rings. The molecular weight excluding hydrogens is 534 g/mol. The lowest BCUT2D eigenvalue weighted by Gasteiger charge is -2.29. The molecule has 0 bridgehead atoms. The van der Waals surface area contributed by atoms with Crippen LogP contribution in [0.4, 0.5) is 0 Å². The number of hydrogen-bond acceptors (Lipinski definition) is 2. The van der Waals surface area contributed by atoms with Crippen LogP contribution in [0.25, 0.3) is 28.5 Å². The van der Waals surface area contributed by atoms with Crippen LogP contribution in [0.3, 0.4) is 0 Å². The second-order valence-corrected chi connectivity index (χ2v) is 12.8. The number of imidazole rings is 1. The topological polar surface area (TPSA) is 54.7 Å². The van der Waals surface area contributed by atoms with Crippen molar-refractivity contribution < 1.29 is 1.43 Å². The summed E-state index contributed by atoms with van der Waals surface area (Å²) >= 11 is 0. The summed E-state index contributed by atoms with van der Waals surface area (Å²) in [6.45, 7) is 18.0. The first-order chi connectivity index (χ1) is 21.3. The normalized spacial score (nSPS) is 15.4. The largest absolute Gasteiger partial charge is 0.402 e. The molecule has 1 aromatic heterocycles. The van der Waals surface area contributed by atoms with E-state index in [0.29, 0.717) is 17.8 Å². The van der Waals surface area contributed by atoms with Crippen molar-refractivity contribution in [3.05, 3.63) is 94.1 Å². The zero-order valence-corrected chi connectivity index (χ0v) is 28.0. The van der Waals surface area contributed by atoms with E-state index in [2.05, 4.69) is 101 Å². The highest BCUT2D eigenvalue weighted by Crippen LogP contribution is 2.40. The van der Waals surface area contributed by atoms with Crippen molar-refractivity contribution >= 4 is 17.2 Å². The van der Waals surface area contributed by atoms with Crippen LogP contribution in [0.2, 0.25) is 0 Å². The Labute approximate surface area is 268 Å². The van der Waals surface area contributed by atoms with E-state index in [9.17, 15) is 0 Å². The molecule has 44 heavy (non-hydrogen) atoms. The number of aromatic amines is 1. The van der Waals surface area contributed by atoms with Gasteiger partial charge in [0, 0.05) is 18.6 Å². The van der Waals surface area contributed by atoms with Crippen LogP contribution in [0.1, 0.15) is 134 Å². The Hall–Kier alpha value is -3.77. The van der Waals surface area contributed by atoms with Crippen molar-refractivity contribution in [2.75, 3.05) is 0 Å². The van der Waals surface area contributed by atoms with Crippen molar-refractivity contribution in [1.82, 2.24) is 9.97 Å². The summed E-state index contributed by atoms with van der Waals surface area (Å²) in [6.07, 6.45) is 20.1. The predicted molar refractivity (Wildman–Crippen MR) is 193 cm³/mol. The van der Waals surface area contributed by atoms with E-state index in [0.717, 1.165) is 72.4 Å². The smallest absolute Gasteiger partial charge is 0.109 e. The number of benzene rings is 2. The highest BCUT2D eigenvalue weighted by Gasteiger charge is 2.26. The quantitative estimate of drug-likeness (QED) is 0.112. The molecule has 3 atom stereocenters. The van der Waals surface area contributed by atoms with E-state index in [-0.39, 0.29) is 1.43 Å². The molecule has 0 spiro atoms. The molecule has 3 heteroatoms. The number of nitrogens with one attached hydrogen (secondary N) is 1. The third-order valence-corrected chi connectivity index (χ3v) is 9.67. The summed E-state index contributed by atoms with van der Waals surface area (Å²) in [7, 11) is 0. The Balaban J connectivity index is 0.00000552. The van der Waals surface area contributed by atoms with Gasteiger partial charge in [0.05, 0.1) is 11.9 Å². The minimum Gasteiger partial charge on any atom is -0.402 e. The van der Waals surface area contributed by atoms with Crippen molar-refractivity contribution in [2.24, 2.45) is 17.6 Å². The molecule has 2 aromatic carbocycles. The third-order valence-electron chi connectivity index (χ3n) is 9.67. The van der Waals surface area contributed by atoms with Crippen LogP contribution in [0.15, 0.2) is 60.4 Å². The van der Waals surface area contributed by atoms with Gasteiger partial charge in [-0.15, -0.1) is 6.42 Å². The van der Waals surface area contributed by atoms with Gasteiger partial charge < -0.3 is 10.7 Å². The van der Waals surface area contributed by atoms with Crippen molar-refractivity contribution in [1.29, 1.82) is 0 Å². The maximum atomic E-state index is 6.70. The summed E-state index contributed by atoms with van der Waals surface area (Å²) in [5, 5.41) is 0. The van der Waals surface area contributed by atoms with Crippen molar-refractivity contribution in [3.63, 3.8) is 0 Å². The molecule has 3 nitrogen and oxygen atoms in total. The highest BCUT2D eigenvalue weighted by molar-refractivity contribution is 5.85. The van der Waals surface area contributed by atoms with E-state index >= 15 is 0 Å².